The van der Waals surface area contributed by atoms with Crippen LogP contribution in [0.15, 0.2) is 83.9 Å². The first kappa shape index (κ1) is 24.3. The van der Waals surface area contributed by atoms with Crippen LogP contribution in [0.2, 0.25) is 5.02 Å². The van der Waals surface area contributed by atoms with Crippen LogP contribution >= 0.6 is 23.4 Å². The Bertz CT molecular complexity index is 1400. The van der Waals surface area contributed by atoms with Gasteiger partial charge in [0.25, 0.3) is 0 Å². The first-order chi connectivity index (χ1) is 17.0. The molecule has 0 bridgehead atoms. The lowest BCUT2D eigenvalue weighted by Crippen LogP contribution is -2.15. The number of rotatable bonds is 7. The number of carbonyl (C=O) groups is 1. The molecule has 0 aliphatic carbocycles. The number of nitrogens with one attached hydrogen (secondary N) is 1. The number of ether oxygens (including phenoxy) is 1. The van der Waals surface area contributed by atoms with Crippen LogP contribution in [-0.2, 0) is 4.79 Å². The fourth-order valence-electron chi connectivity index (χ4n) is 3.55. The van der Waals surface area contributed by atoms with E-state index in [2.05, 4.69) is 11.4 Å². The van der Waals surface area contributed by atoms with Crippen LogP contribution in [0.25, 0.3) is 22.4 Å². The molecule has 0 saturated heterocycles. The van der Waals surface area contributed by atoms with E-state index >= 15 is 0 Å². The van der Waals surface area contributed by atoms with E-state index < -0.39 is 0 Å². The van der Waals surface area contributed by atoms with Crippen LogP contribution in [0.3, 0.4) is 0 Å². The summed E-state index contributed by atoms with van der Waals surface area (Å²) in [6.07, 6.45) is 0. The first-order valence-electron chi connectivity index (χ1n) is 10.8. The number of carbonyl (C=O) groups excluding carboxylic acids is 1. The Morgan fingerprint density at radius 2 is 1.80 bits per heavy atom. The predicted octanol–water partition coefficient (Wildman–Crippen LogP) is 6.99. The number of nitriles is 1. The molecule has 0 atom stereocenters. The highest BCUT2D eigenvalue weighted by atomic mass is 35.5. The smallest absolute Gasteiger partial charge is 0.234 e. The average molecular weight is 500 g/mol. The molecule has 0 aliphatic rings. The van der Waals surface area contributed by atoms with Crippen molar-refractivity contribution in [2.75, 3.05) is 18.2 Å². The van der Waals surface area contributed by atoms with Crippen molar-refractivity contribution in [2.45, 2.75) is 11.9 Å². The lowest BCUT2D eigenvalue weighted by atomic mass is 9.99. The van der Waals surface area contributed by atoms with Crippen molar-refractivity contribution in [1.82, 2.24) is 4.98 Å². The highest BCUT2D eigenvalue weighted by molar-refractivity contribution is 8.00. The van der Waals surface area contributed by atoms with Gasteiger partial charge in [-0.1, -0.05) is 83.5 Å². The number of halogens is 1. The Labute approximate surface area is 213 Å². The number of benzene rings is 3. The third-order valence-corrected chi connectivity index (χ3v) is 6.52. The number of hydrogen-bond donors (Lipinski definition) is 1. The molecule has 1 heterocycles. The van der Waals surface area contributed by atoms with Crippen molar-refractivity contribution in [2.24, 2.45) is 0 Å². The van der Waals surface area contributed by atoms with E-state index in [0.717, 1.165) is 27.9 Å². The van der Waals surface area contributed by atoms with Crippen LogP contribution in [-0.4, -0.2) is 23.8 Å². The summed E-state index contributed by atoms with van der Waals surface area (Å²) in [6, 6.07) is 27.0. The minimum Gasteiger partial charge on any atom is -0.495 e. The molecule has 4 aromatic rings. The zero-order valence-corrected chi connectivity index (χ0v) is 20.8. The molecular formula is C28H22ClN3O2S. The molecule has 0 saturated carbocycles. The Morgan fingerprint density at radius 1 is 1.06 bits per heavy atom. The fourth-order valence-corrected chi connectivity index (χ4v) is 4.52. The minimum absolute atomic E-state index is 0.0585. The number of methoxy groups -OCH3 is 1. The molecule has 0 radical (unpaired) electrons. The summed E-state index contributed by atoms with van der Waals surface area (Å²) < 4.78 is 5.30. The summed E-state index contributed by atoms with van der Waals surface area (Å²) in [5.41, 5.74) is 5.43. The van der Waals surface area contributed by atoms with Gasteiger partial charge in [0.2, 0.25) is 5.91 Å². The molecule has 7 heteroatoms. The van der Waals surface area contributed by atoms with Gasteiger partial charge in [-0.2, -0.15) is 5.26 Å². The molecule has 35 heavy (non-hydrogen) atoms. The van der Waals surface area contributed by atoms with E-state index in [1.807, 2.05) is 67.6 Å². The molecular weight excluding hydrogens is 478 g/mol. The second-order valence-electron chi connectivity index (χ2n) is 7.76. The highest BCUT2D eigenvalue weighted by Gasteiger charge is 2.17. The fraction of sp³-hybridized carbons (Fsp3) is 0.107. The maximum atomic E-state index is 12.8. The largest absolute Gasteiger partial charge is 0.495 e. The van der Waals surface area contributed by atoms with Gasteiger partial charge in [0.1, 0.15) is 16.8 Å². The number of anilines is 1. The Kier molecular flexibility index (Phi) is 7.71. The second-order valence-corrected chi connectivity index (χ2v) is 9.16. The minimum atomic E-state index is -0.261. The van der Waals surface area contributed by atoms with E-state index in [1.165, 1.54) is 18.9 Å². The summed E-state index contributed by atoms with van der Waals surface area (Å²) in [7, 11) is 1.53. The van der Waals surface area contributed by atoms with E-state index in [0.29, 0.717) is 27.0 Å². The van der Waals surface area contributed by atoms with Gasteiger partial charge in [0.15, 0.2) is 0 Å². The average Bonchev–Trinajstić information content (AvgIpc) is 2.88. The number of hydrogen-bond acceptors (Lipinski definition) is 5. The quantitative estimate of drug-likeness (QED) is 0.277. The topological polar surface area (TPSA) is 75.0 Å². The standard InChI is InChI=1S/C28H22ClN3O2S/c1-18-8-10-20(11-9-18)24-15-22(19-6-4-3-5-7-19)23(16-30)28(32-24)35-17-27(33)31-25-14-21(29)12-13-26(25)34-2/h3-15H,17H2,1-2H3,(H,31,33). The number of thioether (sulfide) groups is 1. The van der Waals surface area contributed by atoms with Crippen LogP contribution in [0, 0.1) is 18.3 Å². The molecule has 1 amide bonds. The summed E-state index contributed by atoms with van der Waals surface area (Å²) >= 11 is 7.29. The summed E-state index contributed by atoms with van der Waals surface area (Å²) in [5.74, 6) is 0.308. The predicted molar refractivity (Wildman–Crippen MR) is 142 cm³/mol. The van der Waals surface area contributed by atoms with Gasteiger partial charge in [-0.15, -0.1) is 0 Å². The summed E-state index contributed by atoms with van der Waals surface area (Å²) in [5, 5.41) is 13.8. The van der Waals surface area contributed by atoms with Gasteiger partial charge in [-0.25, -0.2) is 4.98 Å². The monoisotopic (exact) mass is 499 g/mol. The molecule has 4 rings (SSSR count). The van der Waals surface area contributed by atoms with Crippen LogP contribution in [0.4, 0.5) is 5.69 Å². The molecule has 3 aromatic carbocycles. The normalized spacial score (nSPS) is 10.5. The SMILES string of the molecule is COc1ccc(Cl)cc1NC(=O)CSc1nc(-c2ccc(C)cc2)cc(-c2ccccc2)c1C#N. The maximum absolute atomic E-state index is 12.8. The van der Waals surface area contributed by atoms with Gasteiger partial charge < -0.3 is 10.1 Å². The van der Waals surface area contributed by atoms with Crippen molar-refractivity contribution < 1.29 is 9.53 Å². The van der Waals surface area contributed by atoms with Crippen LogP contribution in [0.5, 0.6) is 5.75 Å². The molecule has 1 N–H and O–H groups in total. The maximum Gasteiger partial charge on any atom is 0.234 e. The zero-order chi connectivity index (χ0) is 24.8. The Hall–Kier alpha value is -3.79. The molecule has 0 fully saturated rings. The van der Waals surface area contributed by atoms with Crippen molar-refractivity contribution in [1.29, 1.82) is 5.26 Å². The Balaban J connectivity index is 1.67. The van der Waals surface area contributed by atoms with Gasteiger partial charge >= 0.3 is 0 Å². The lowest BCUT2D eigenvalue weighted by molar-refractivity contribution is -0.113. The third-order valence-electron chi connectivity index (χ3n) is 5.31. The van der Waals surface area contributed by atoms with E-state index in [9.17, 15) is 10.1 Å². The molecule has 174 valence electrons. The summed E-state index contributed by atoms with van der Waals surface area (Å²) in [6.45, 7) is 2.03. The lowest BCUT2D eigenvalue weighted by Gasteiger charge is -2.13. The van der Waals surface area contributed by atoms with Gasteiger partial charge in [0.05, 0.1) is 29.8 Å². The van der Waals surface area contributed by atoms with Gasteiger partial charge in [0, 0.05) is 16.1 Å². The van der Waals surface area contributed by atoms with Crippen molar-refractivity contribution in [3.8, 4) is 34.2 Å². The van der Waals surface area contributed by atoms with Gasteiger partial charge in [-0.3, -0.25) is 4.79 Å². The van der Waals surface area contributed by atoms with E-state index in [1.54, 1.807) is 18.2 Å². The number of aromatic nitrogens is 1. The number of pyridine rings is 1. The van der Waals surface area contributed by atoms with Crippen molar-refractivity contribution >= 4 is 35.0 Å². The van der Waals surface area contributed by atoms with Crippen molar-refractivity contribution in [3.05, 3.63) is 95.0 Å². The third kappa shape index (κ3) is 5.83. The molecule has 1 aromatic heterocycles. The summed E-state index contributed by atoms with van der Waals surface area (Å²) in [4.78, 5) is 17.5. The van der Waals surface area contributed by atoms with Gasteiger partial charge in [-0.05, 0) is 36.8 Å². The molecule has 5 nitrogen and oxygen atoms in total. The highest BCUT2D eigenvalue weighted by Crippen LogP contribution is 2.34. The number of amides is 1. The Morgan fingerprint density at radius 3 is 2.49 bits per heavy atom. The number of aryl methyl sites for hydroxylation is 1. The molecule has 0 spiro atoms. The number of nitrogens with zero attached hydrogens (tertiary/aromatic N) is 2. The van der Waals surface area contributed by atoms with E-state index in [4.69, 9.17) is 21.3 Å². The first-order valence-corrected chi connectivity index (χ1v) is 12.2. The molecule has 0 unspecified atom stereocenters. The zero-order valence-electron chi connectivity index (χ0n) is 19.2. The van der Waals surface area contributed by atoms with Crippen molar-refractivity contribution in [3.63, 3.8) is 0 Å². The van der Waals surface area contributed by atoms with Crippen LogP contribution in [0.1, 0.15) is 11.1 Å². The van der Waals surface area contributed by atoms with E-state index in [-0.39, 0.29) is 11.7 Å². The molecule has 0 aliphatic heterocycles. The second kappa shape index (κ2) is 11.1. The van der Waals surface area contributed by atoms with Crippen LogP contribution < -0.4 is 10.1 Å².